The monoisotopic (exact) mass is 455 g/mol. The number of anilines is 1. The highest BCUT2D eigenvalue weighted by molar-refractivity contribution is 5.67. The number of benzene rings is 2. The van der Waals surface area contributed by atoms with E-state index in [1.165, 1.54) is 40.6 Å². The smallest absolute Gasteiger partial charge is 0.131 e. The molecule has 33 heavy (non-hydrogen) atoms. The molecular weight excluding hydrogens is 420 g/mol. The van der Waals surface area contributed by atoms with Crippen LogP contribution in [-0.4, -0.2) is 37.2 Å². The summed E-state index contributed by atoms with van der Waals surface area (Å²) in [5.41, 5.74) is 12.0. The number of hydrogen-bond donors (Lipinski definition) is 2. The molecule has 0 unspecified atom stereocenters. The standard InChI is InChI=1S/C27H35F2N3O/c1-16-9-10-21(31-5)24-23(16)27(30)14-26(24)11-22(25(27,3)4)32(15-26)12-17(2)33-13-18-19(28)7-6-8-20(18)29/h6-10,17,22,31H,11-15,30H2,1-5H3/t17-,22+,26+,27-/m0/s1. The largest absolute Gasteiger partial charge is 0.388 e. The molecule has 5 rings (SSSR count). The summed E-state index contributed by atoms with van der Waals surface area (Å²) in [6, 6.07) is 8.61. The summed E-state index contributed by atoms with van der Waals surface area (Å²) in [7, 11) is 1.99. The summed E-state index contributed by atoms with van der Waals surface area (Å²) >= 11 is 0. The molecule has 1 spiro atoms. The van der Waals surface area contributed by atoms with Crippen LogP contribution in [0.15, 0.2) is 30.3 Å². The quantitative estimate of drug-likeness (QED) is 0.655. The maximum atomic E-state index is 14.0. The number of nitrogens with one attached hydrogen (secondary N) is 1. The van der Waals surface area contributed by atoms with Gasteiger partial charge in [0.05, 0.1) is 12.7 Å². The summed E-state index contributed by atoms with van der Waals surface area (Å²) in [5.74, 6) is -1.12. The molecule has 3 N–H and O–H groups in total. The number of fused-ring (bicyclic) bond motifs is 4. The molecule has 1 aliphatic heterocycles. The maximum absolute atomic E-state index is 14.0. The fraction of sp³-hybridized carbons (Fsp3) is 0.556. The van der Waals surface area contributed by atoms with E-state index in [2.05, 4.69) is 43.1 Å². The van der Waals surface area contributed by atoms with Crippen LogP contribution in [-0.2, 0) is 22.3 Å². The van der Waals surface area contributed by atoms with Crippen LogP contribution in [0.2, 0.25) is 0 Å². The Bertz CT molecular complexity index is 1080. The normalized spacial score (nSPS) is 30.4. The zero-order chi connectivity index (χ0) is 23.8. The van der Waals surface area contributed by atoms with Crippen molar-refractivity contribution in [2.45, 2.75) is 70.2 Å². The molecule has 6 heteroatoms. The van der Waals surface area contributed by atoms with E-state index in [0.29, 0.717) is 12.6 Å². The predicted octanol–water partition coefficient (Wildman–Crippen LogP) is 4.83. The molecule has 2 aromatic carbocycles. The molecule has 2 aromatic rings. The zero-order valence-electron chi connectivity index (χ0n) is 20.3. The summed E-state index contributed by atoms with van der Waals surface area (Å²) in [4.78, 5) is 2.52. The lowest BCUT2D eigenvalue weighted by molar-refractivity contribution is -0.0101. The summed E-state index contributed by atoms with van der Waals surface area (Å²) in [6.07, 6.45) is 1.85. The van der Waals surface area contributed by atoms with Gasteiger partial charge >= 0.3 is 0 Å². The second kappa shape index (κ2) is 7.49. The first-order valence-electron chi connectivity index (χ1n) is 11.9. The average molecular weight is 456 g/mol. The summed E-state index contributed by atoms with van der Waals surface area (Å²) < 4.78 is 34.0. The average Bonchev–Trinajstić information content (AvgIpc) is 3.20. The lowest BCUT2D eigenvalue weighted by Crippen LogP contribution is -2.59. The Labute approximate surface area is 195 Å². The van der Waals surface area contributed by atoms with Crippen molar-refractivity contribution in [3.63, 3.8) is 0 Å². The number of hydrogen-bond acceptors (Lipinski definition) is 4. The Morgan fingerprint density at radius 1 is 1.18 bits per heavy atom. The lowest BCUT2D eigenvalue weighted by atomic mass is 9.58. The molecule has 1 saturated heterocycles. The van der Waals surface area contributed by atoms with Gasteiger partial charge in [-0.05, 0) is 61.6 Å². The van der Waals surface area contributed by atoms with E-state index in [9.17, 15) is 8.78 Å². The number of aryl methyl sites for hydroxylation is 1. The topological polar surface area (TPSA) is 50.5 Å². The van der Waals surface area contributed by atoms with Gasteiger partial charge in [-0.1, -0.05) is 26.0 Å². The third-order valence-corrected chi connectivity index (χ3v) is 8.86. The van der Waals surface area contributed by atoms with E-state index in [-0.39, 0.29) is 29.1 Å². The van der Waals surface area contributed by atoms with Gasteiger partial charge in [0.1, 0.15) is 11.6 Å². The van der Waals surface area contributed by atoms with Gasteiger partial charge in [0, 0.05) is 53.8 Å². The third-order valence-electron chi connectivity index (χ3n) is 8.86. The lowest BCUT2D eigenvalue weighted by Gasteiger charge is -2.51. The SMILES string of the molecule is CNc1ccc(C)c2c1[C@@]13C[C@@H](N(C[C@H](C)OCc4c(F)cccc4F)C1)C(C)(C)[C@]2(N)C3. The van der Waals surface area contributed by atoms with Crippen LogP contribution in [0, 0.1) is 24.0 Å². The van der Waals surface area contributed by atoms with Crippen LogP contribution in [0.1, 0.15) is 55.9 Å². The fourth-order valence-electron chi connectivity index (χ4n) is 7.15. The minimum atomic E-state index is -0.562. The molecule has 4 nitrogen and oxygen atoms in total. The molecular formula is C27H35F2N3O. The van der Waals surface area contributed by atoms with Crippen molar-refractivity contribution >= 4 is 5.69 Å². The van der Waals surface area contributed by atoms with Crippen molar-refractivity contribution < 1.29 is 13.5 Å². The van der Waals surface area contributed by atoms with Gasteiger partial charge in [0.2, 0.25) is 0 Å². The third kappa shape index (κ3) is 3.10. The van der Waals surface area contributed by atoms with E-state index >= 15 is 0 Å². The van der Waals surface area contributed by atoms with E-state index in [4.69, 9.17) is 10.5 Å². The molecule has 0 radical (unpaired) electrons. The number of rotatable bonds is 6. The highest BCUT2D eigenvalue weighted by atomic mass is 19.1. The first-order valence-corrected chi connectivity index (χ1v) is 11.9. The van der Waals surface area contributed by atoms with E-state index in [0.717, 1.165) is 19.4 Å². The molecule has 1 saturated carbocycles. The summed E-state index contributed by atoms with van der Waals surface area (Å²) in [5, 5.41) is 3.42. The van der Waals surface area contributed by atoms with Gasteiger partial charge < -0.3 is 15.8 Å². The first-order chi connectivity index (χ1) is 15.5. The van der Waals surface area contributed by atoms with Crippen LogP contribution in [0.5, 0.6) is 0 Å². The predicted molar refractivity (Wildman–Crippen MR) is 127 cm³/mol. The Kier molecular flexibility index (Phi) is 5.16. The van der Waals surface area contributed by atoms with Gasteiger partial charge in [-0.15, -0.1) is 0 Å². The molecule has 0 aromatic heterocycles. The molecule has 4 atom stereocenters. The number of likely N-dealkylation sites (tertiary alicyclic amines) is 1. The van der Waals surface area contributed by atoms with E-state index in [1.54, 1.807) is 0 Å². The van der Waals surface area contributed by atoms with E-state index < -0.39 is 17.2 Å². The van der Waals surface area contributed by atoms with Crippen LogP contribution < -0.4 is 11.1 Å². The Morgan fingerprint density at radius 3 is 2.55 bits per heavy atom. The van der Waals surface area contributed by atoms with Crippen molar-refractivity contribution in [1.82, 2.24) is 4.90 Å². The van der Waals surface area contributed by atoms with Crippen molar-refractivity contribution in [3.05, 3.63) is 64.2 Å². The van der Waals surface area contributed by atoms with Gasteiger partial charge in [0.25, 0.3) is 0 Å². The van der Waals surface area contributed by atoms with Crippen molar-refractivity contribution in [2.75, 3.05) is 25.5 Å². The van der Waals surface area contributed by atoms with Crippen molar-refractivity contribution in [3.8, 4) is 0 Å². The van der Waals surface area contributed by atoms with Gasteiger partial charge in [-0.2, -0.15) is 0 Å². The molecule has 2 aliphatic carbocycles. The van der Waals surface area contributed by atoms with Crippen LogP contribution in [0.25, 0.3) is 0 Å². The van der Waals surface area contributed by atoms with Gasteiger partial charge in [0.15, 0.2) is 0 Å². The van der Waals surface area contributed by atoms with Crippen LogP contribution >= 0.6 is 0 Å². The van der Waals surface area contributed by atoms with Gasteiger partial charge in [-0.25, -0.2) is 8.78 Å². The molecule has 1 heterocycles. The maximum Gasteiger partial charge on any atom is 0.131 e. The second-order valence-corrected chi connectivity index (χ2v) is 11.1. The molecule has 0 amide bonds. The van der Waals surface area contributed by atoms with Gasteiger partial charge in [-0.3, -0.25) is 4.90 Å². The highest BCUT2D eigenvalue weighted by Crippen LogP contribution is 2.68. The number of nitrogens with two attached hydrogens (primary N) is 1. The minimum absolute atomic E-state index is 0.00790. The van der Waals surface area contributed by atoms with E-state index in [1.807, 2.05) is 14.0 Å². The van der Waals surface area contributed by atoms with Crippen LogP contribution in [0.4, 0.5) is 14.5 Å². The highest BCUT2D eigenvalue weighted by Gasteiger charge is 2.69. The molecule has 178 valence electrons. The summed E-state index contributed by atoms with van der Waals surface area (Å²) in [6.45, 7) is 10.3. The zero-order valence-corrected chi connectivity index (χ0v) is 20.3. The molecule has 2 fully saturated rings. The molecule has 3 aliphatic rings. The molecule has 3 bridgehead atoms. The minimum Gasteiger partial charge on any atom is -0.388 e. The Balaban J connectivity index is 1.42. The van der Waals surface area contributed by atoms with Crippen molar-refractivity contribution in [2.24, 2.45) is 11.1 Å². The first kappa shape index (κ1) is 22.8. The number of ether oxygens (including phenoxy) is 1. The second-order valence-electron chi connectivity index (χ2n) is 11.1. The number of halogens is 2. The Hall–Kier alpha value is -2.02. The Morgan fingerprint density at radius 2 is 1.88 bits per heavy atom. The van der Waals surface area contributed by atoms with Crippen molar-refractivity contribution in [1.29, 1.82) is 0 Å². The number of nitrogens with zero attached hydrogens (tertiary/aromatic N) is 1. The van der Waals surface area contributed by atoms with Crippen LogP contribution in [0.3, 0.4) is 0 Å². The fourth-order valence-corrected chi connectivity index (χ4v) is 7.15.